The molecule has 20 heavy (non-hydrogen) atoms. The van der Waals surface area contributed by atoms with Gasteiger partial charge in [-0.3, -0.25) is 0 Å². The van der Waals surface area contributed by atoms with Crippen LogP contribution in [-0.2, 0) is 0 Å². The molecule has 5 nitrogen and oxygen atoms in total. The molecule has 1 fully saturated rings. The fourth-order valence-electron chi connectivity index (χ4n) is 2.12. The van der Waals surface area contributed by atoms with Gasteiger partial charge in [-0.1, -0.05) is 0 Å². The van der Waals surface area contributed by atoms with Crippen LogP contribution in [0.5, 0.6) is 0 Å². The van der Waals surface area contributed by atoms with Crippen molar-refractivity contribution in [2.45, 2.75) is 25.8 Å². The van der Waals surface area contributed by atoms with E-state index in [1.807, 2.05) is 11.8 Å². The Hall–Kier alpha value is -1.69. The van der Waals surface area contributed by atoms with Crippen LogP contribution in [0, 0.1) is 6.92 Å². The second kappa shape index (κ2) is 6.65. The van der Waals surface area contributed by atoms with Crippen LogP contribution in [0.4, 0.5) is 10.5 Å². The lowest BCUT2D eigenvalue weighted by Gasteiger charge is -2.22. The molecule has 0 saturated carbocycles. The number of thioether (sulfide) groups is 1. The van der Waals surface area contributed by atoms with Crippen LogP contribution < -0.4 is 10.6 Å². The van der Waals surface area contributed by atoms with Crippen molar-refractivity contribution in [3.05, 3.63) is 29.3 Å². The Balaban J connectivity index is 1.95. The third-order valence-electron chi connectivity index (χ3n) is 3.28. The number of hydrogen-bond acceptors (Lipinski definition) is 3. The van der Waals surface area contributed by atoms with Gasteiger partial charge in [0.25, 0.3) is 0 Å². The number of anilines is 1. The Morgan fingerprint density at radius 3 is 2.60 bits per heavy atom. The minimum atomic E-state index is -0.969. The van der Waals surface area contributed by atoms with E-state index in [0.29, 0.717) is 5.69 Å². The molecule has 1 aliphatic rings. The molecule has 6 heteroatoms. The lowest BCUT2D eigenvalue weighted by Crippen LogP contribution is -2.40. The molecule has 1 aromatic rings. The largest absolute Gasteiger partial charge is 0.478 e. The molecule has 108 valence electrons. The summed E-state index contributed by atoms with van der Waals surface area (Å²) in [5, 5.41) is 14.6. The monoisotopic (exact) mass is 294 g/mol. The van der Waals surface area contributed by atoms with Gasteiger partial charge in [0.15, 0.2) is 0 Å². The first-order valence-electron chi connectivity index (χ1n) is 6.55. The maximum absolute atomic E-state index is 11.9. The van der Waals surface area contributed by atoms with E-state index in [1.165, 1.54) is 6.07 Å². The van der Waals surface area contributed by atoms with Crippen molar-refractivity contribution < 1.29 is 14.7 Å². The van der Waals surface area contributed by atoms with Crippen LogP contribution in [0.15, 0.2) is 18.2 Å². The molecular formula is C14H18N2O3S. The van der Waals surface area contributed by atoms with Gasteiger partial charge in [0.1, 0.15) is 0 Å². The highest BCUT2D eigenvalue weighted by Gasteiger charge is 2.16. The predicted molar refractivity (Wildman–Crippen MR) is 80.6 cm³/mol. The molecule has 0 spiro atoms. The zero-order valence-electron chi connectivity index (χ0n) is 11.3. The van der Waals surface area contributed by atoms with Gasteiger partial charge < -0.3 is 15.7 Å². The van der Waals surface area contributed by atoms with E-state index >= 15 is 0 Å². The molecule has 0 radical (unpaired) electrons. The second-order valence-electron chi connectivity index (χ2n) is 4.82. The molecule has 3 N–H and O–H groups in total. The average Bonchev–Trinajstić information content (AvgIpc) is 2.42. The summed E-state index contributed by atoms with van der Waals surface area (Å²) >= 11 is 1.91. The first-order valence-corrected chi connectivity index (χ1v) is 7.71. The number of carboxylic acid groups (broad SMARTS) is 1. The van der Waals surface area contributed by atoms with Crippen LogP contribution in [-0.4, -0.2) is 34.7 Å². The van der Waals surface area contributed by atoms with E-state index in [4.69, 9.17) is 5.11 Å². The first-order chi connectivity index (χ1) is 9.56. The standard InChI is InChI=1S/C14H18N2O3S/c1-9-8-10(13(17)18)2-3-12(9)16-14(19)15-11-4-6-20-7-5-11/h2-3,8,11H,4-7H2,1H3,(H,17,18)(H2,15,16,19). The summed E-state index contributed by atoms with van der Waals surface area (Å²) in [5.41, 5.74) is 1.59. The maximum atomic E-state index is 11.9. The summed E-state index contributed by atoms with van der Waals surface area (Å²) in [6.45, 7) is 1.78. The highest BCUT2D eigenvalue weighted by molar-refractivity contribution is 7.99. The number of carbonyl (C=O) groups is 2. The van der Waals surface area contributed by atoms with E-state index in [1.54, 1.807) is 19.1 Å². The summed E-state index contributed by atoms with van der Waals surface area (Å²) in [5.74, 6) is 1.19. The van der Waals surface area contributed by atoms with Crippen molar-refractivity contribution in [3.8, 4) is 0 Å². The van der Waals surface area contributed by atoms with Crippen molar-refractivity contribution in [3.63, 3.8) is 0 Å². The summed E-state index contributed by atoms with van der Waals surface area (Å²) in [4.78, 5) is 22.8. The molecule has 0 unspecified atom stereocenters. The van der Waals surface area contributed by atoms with Crippen molar-refractivity contribution in [2.75, 3.05) is 16.8 Å². The third kappa shape index (κ3) is 3.90. The number of hydrogen-bond donors (Lipinski definition) is 3. The molecule has 1 heterocycles. The number of nitrogens with one attached hydrogen (secondary N) is 2. The highest BCUT2D eigenvalue weighted by atomic mass is 32.2. The quantitative estimate of drug-likeness (QED) is 0.801. The smallest absolute Gasteiger partial charge is 0.335 e. The van der Waals surface area contributed by atoms with Crippen molar-refractivity contribution in [1.29, 1.82) is 0 Å². The summed E-state index contributed by atoms with van der Waals surface area (Å²) in [6.07, 6.45) is 1.99. The fraction of sp³-hybridized carbons (Fsp3) is 0.429. The zero-order chi connectivity index (χ0) is 14.5. The molecule has 2 amide bonds. The molecule has 1 saturated heterocycles. The van der Waals surface area contributed by atoms with E-state index < -0.39 is 5.97 Å². The van der Waals surface area contributed by atoms with Gasteiger partial charge in [0.2, 0.25) is 0 Å². The second-order valence-corrected chi connectivity index (χ2v) is 6.04. The number of urea groups is 1. The minimum Gasteiger partial charge on any atom is -0.478 e. The summed E-state index contributed by atoms with van der Waals surface area (Å²) < 4.78 is 0. The van der Waals surface area contributed by atoms with Gasteiger partial charge >= 0.3 is 12.0 Å². The number of aryl methyl sites for hydroxylation is 1. The number of carbonyl (C=O) groups excluding carboxylic acids is 1. The van der Waals surface area contributed by atoms with Crippen LogP contribution in [0.25, 0.3) is 0 Å². The molecule has 0 aromatic heterocycles. The van der Waals surface area contributed by atoms with Gasteiger partial charge in [-0.25, -0.2) is 9.59 Å². The van der Waals surface area contributed by atoms with Crippen molar-refractivity contribution in [1.82, 2.24) is 5.32 Å². The van der Waals surface area contributed by atoms with Crippen LogP contribution >= 0.6 is 11.8 Å². The summed E-state index contributed by atoms with van der Waals surface area (Å²) in [7, 11) is 0. The van der Waals surface area contributed by atoms with Crippen LogP contribution in [0.3, 0.4) is 0 Å². The first kappa shape index (κ1) is 14.7. The molecule has 0 atom stereocenters. The number of benzene rings is 1. The Kier molecular flexibility index (Phi) is 4.89. The van der Waals surface area contributed by atoms with Gasteiger partial charge in [0.05, 0.1) is 5.56 Å². The molecular weight excluding hydrogens is 276 g/mol. The highest BCUT2D eigenvalue weighted by Crippen LogP contribution is 2.18. The normalized spacial score (nSPS) is 15.7. The van der Waals surface area contributed by atoms with E-state index in [2.05, 4.69) is 10.6 Å². The lowest BCUT2D eigenvalue weighted by molar-refractivity contribution is 0.0697. The van der Waals surface area contributed by atoms with E-state index in [9.17, 15) is 9.59 Å². The number of amides is 2. The Bertz CT molecular complexity index is 513. The van der Waals surface area contributed by atoms with Crippen LogP contribution in [0.2, 0.25) is 0 Å². The average molecular weight is 294 g/mol. The van der Waals surface area contributed by atoms with Crippen molar-refractivity contribution in [2.24, 2.45) is 0 Å². The topological polar surface area (TPSA) is 78.4 Å². The Morgan fingerprint density at radius 1 is 1.30 bits per heavy atom. The van der Waals surface area contributed by atoms with Gasteiger partial charge in [0, 0.05) is 11.7 Å². The van der Waals surface area contributed by atoms with Crippen LogP contribution in [0.1, 0.15) is 28.8 Å². The number of rotatable bonds is 3. The van der Waals surface area contributed by atoms with E-state index in [0.717, 1.165) is 29.9 Å². The minimum absolute atomic E-state index is 0.220. The van der Waals surface area contributed by atoms with Crippen molar-refractivity contribution >= 4 is 29.4 Å². The van der Waals surface area contributed by atoms with Gasteiger partial charge in [-0.15, -0.1) is 0 Å². The molecule has 1 aliphatic heterocycles. The number of aromatic carboxylic acids is 1. The molecule has 1 aromatic carbocycles. The molecule has 2 rings (SSSR count). The zero-order valence-corrected chi connectivity index (χ0v) is 12.1. The molecule has 0 aliphatic carbocycles. The summed E-state index contributed by atoms with van der Waals surface area (Å²) in [6, 6.07) is 4.66. The lowest BCUT2D eigenvalue weighted by atomic mass is 10.1. The van der Waals surface area contributed by atoms with E-state index in [-0.39, 0.29) is 17.6 Å². The Labute approximate surface area is 122 Å². The van der Waals surface area contributed by atoms with Gasteiger partial charge in [-0.2, -0.15) is 11.8 Å². The Morgan fingerprint density at radius 2 is 2.00 bits per heavy atom. The SMILES string of the molecule is Cc1cc(C(=O)O)ccc1NC(=O)NC1CCSCC1. The fourth-order valence-corrected chi connectivity index (χ4v) is 3.23. The third-order valence-corrected chi connectivity index (χ3v) is 4.33. The molecule has 0 bridgehead atoms. The number of carboxylic acids is 1. The maximum Gasteiger partial charge on any atom is 0.335 e. The van der Waals surface area contributed by atoms with Gasteiger partial charge in [-0.05, 0) is 55.0 Å². The predicted octanol–water partition coefficient (Wildman–Crippen LogP) is 2.71.